The highest BCUT2D eigenvalue weighted by Crippen LogP contribution is 2.72. The monoisotopic (exact) mass is 1030 g/mol. The topological polar surface area (TPSA) is 199 Å². The number of aliphatic hydroxyl groups is 2. The van der Waals surface area contributed by atoms with Gasteiger partial charge in [-0.15, -0.1) is 0 Å². The van der Waals surface area contributed by atoms with E-state index in [4.69, 9.17) is 18.3 Å². The van der Waals surface area contributed by atoms with Crippen molar-refractivity contribution in [2.45, 2.75) is 190 Å². The van der Waals surface area contributed by atoms with E-state index in [1.807, 2.05) is 67.7 Å². The Morgan fingerprint density at radius 3 is 1.17 bits per heavy atom. The van der Waals surface area contributed by atoms with Crippen molar-refractivity contribution >= 4 is 63.8 Å². The van der Waals surface area contributed by atoms with Crippen molar-refractivity contribution in [3.63, 3.8) is 0 Å². The first-order valence-corrected chi connectivity index (χ1v) is 30.8. The van der Waals surface area contributed by atoms with Gasteiger partial charge in [0.25, 0.3) is 11.8 Å². The number of nitrogens with zero attached hydrogens (tertiary/aromatic N) is 6. The molecule has 4 saturated heterocycles. The van der Waals surface area contributed by atoms with E-state index in [1.54, 1.807) is 90.1 Å². The van der Waals surface area contributed by atoms with E-state index >= 15 is 28.8 Å². The molecule has 18 nitrogen and oxygen atoms in total. The van der Waals surface area contributed by atoms with Gasteiger partial charge in [-0.05, 0) is 114 Å². The number of piperazine rings is 2. The smallest absolute Gasteiger partial charge is 0.416 e. The number of carbonyl (C=O) groups is 6. The molecule has 72 heavy (non-hydrogen) atoms. The lowest BCUT2D eigenvalue weighted by molar-refractivity contribution is -0.202. The highest BCUT2D eigenvalue weighted by Gasteiger charge is 2.83. The summed E-state index contributed by atoms with van der Waals surface area (Å²) in [6.07, 6.45) is -5.17. The number of likely N-dealkylation sites (N-methyl/N-ethyl adjacent to an activating group) is 2. The van der Waals surface area contributed by atoms with Crippen LogP contribution < -0.4 is 9.80 Å². The van der Waals surface area contributed by atoms with Gasteiger partial charge in [-0.2, -0.15) is 0 Å². The molecule has 20 heteroatoms. The van der Waals surface area contributed by atoms with Gasteiger partial charge in [-0.25, -0.2) is 9.59 Å². The molecule has 2 aromatic carbocycles. The van der Waals surface area contributed by atoms with Gasteiger partial charge in [0.05, 0.1) is 35.4 Å². The van der Waals surface area contributed by atoms with Gasteiger partial charge in [0.15, 0.2) is 16.6 Å². The number of para-hydroxylation sites is 2. The van der Waals surface area contributed by atoms with Crippen LogP contribution in [0, 0.1) is 0 Å². The van der Waals surface area contributed by atoms with Crippen LogP contribution >= 0.6 is 0 Å². The maximum Gasteiger partial charge on any atom is 0.416 e. The molecule has 6 aliphatic rings. The number of carbonyl (C=O) groups excluding carboxylic acids is 6. The molecule has 8 atom stereocenters. The lowest BCUT2D eigenvalue weighted by atomic mass is 9.54. The first-order chi connectivity index (χ1) is 32.8. The molecule has 394 valence electrons. The maximum absolute atomic E-state index is 15.9. The normalized spacial score (nSPS) is 30.6. The van der Waals surface area contributed by atoms with E-state index in [2.05, 4.69) is 0 Å². The maximum atomic E-state index is 15.9. The Bertz CT molecular complexity index is 2460. The first-order valence-electron chi connectivity index (χ1n) is 24.9. The fraction of sp³-hybridized carbons (Fsp3) is 0.654. The Labute approximate surface area is 426 Å². The summed E-state index contributed by atoms with van der Waals surface area (Å²) in [5.74, 6) is -3.11. The molecule has 6 amide bonds. The SMILES string of the molecule is CN1C(=O)[C@H]2C[C@]3([C@]45C[C@@H]6C(=O)N(C)[C@](O)(CO[Si](C)(C)C(C)(C)C)C(=O)N6[C@H]4N(C(=O)OC(C)(C)C)c4ccccc45)c4ccccc4N(C(=O)OC(C)(C)C)[C@@H]3N2C(=O)[C@@]1(O)CO[Si](C)(C)C(C)(C)C. The zero-order valence-electron chi connectivity index (χ0n) is 45.4. The van der Waals surface area contributed by atoms with E-state index in [0.717, 1.165) is 9.80 Å². The van der Waals surface area contributed by atoms with Crippen LogP contribution in [0.3, 0.4) is 0 Å². The van der Waals surface area contributed by atoms with E-state index < -0.39 is 124 Å². The van der Waals surface area contributed by atoms with Crippen LogP contribution in [-0.2, 0) is 48.3 Å². The van der Waals surface area contributed by atoms with Crippen molar-refractivity contribution in [3.05, 3.63) is 59.7 Å². The van der Waals surface area contributed by atoms with Crippen molar-refractivity contribution in [3.8, 4) is 0 Å². The van der Waals surface area contributed by atoms with Gasteiger partial charge in [0.2, 0.25) is 23.3 Å². The van der Waals surface area contributed by atoms with Crippen LogP contribution in [0.2, 0.25) is 36.3 Å². The van der Waals surface area contributed by atoms with Crippen molar-refractivity contribution in [1.29, 1.82) is 0 Å². The fourth-order valence-electron chi connectivity index (χ4n) is 11.5. The van der Waals surface area contributed by atoms with Gasteiger partial charge in [-0.3, -0.25) is 29.0 Å². The minimum atomic E-state index is -2.70. The number of rotatable bonds is 7. The van der Waals surface area contributed by atoms with Crippen molar-refractivity contribution in [2.75, 3.05) is 37.1 Å². The second-order valence-electron chi connectivity index (χ2n) is 25.8. The molecular weight excluding hydrogens is 957 g/mol. The van der Waals surface area contributed by atoms with Gasteiger partial charge < -0.3 is 48.1 Å². The minimum absolute atomic E-state index is 0.216. The van der Waals surface area contributed by atoms with Gasteiger partial charge in [-0.1, -0.05) is 77.9 Å². The molecule has 0 aromatic heterocycles. The summed E-state index contributed by atoms with van der Waals surface area (Å²) in [4.78, 5) is 101. The first kappa shape index (κ1) is 53.4. The number of hydrogen-bond donors (Lipinski definition) is 2. The van der Waals surface area contributed by atoms with Gasteiger partial charge in [0.1, 0.15) is 35.6 Å². The summed E-state index contributed by atoms with van der Waals surface area (Å²) in [5.41, 5.74) is -9.11. The van der Waals surface area contributed by atoms with Crippen LogP contribution in [0.4, 0.5) is 21.0 Å². The summed E-state index contributed by atoms with van der Waals surface area (Å²) in [6, 6.07) is 11.3. The molecule has 4 fully saturated rings. The average molecular weight is 1030 g/mol. The Morgan fingerprint density at radius 1 is 0.569 bits per heavy atom. The zero-order valence-corrected chi connectivity index (χ0v) is 47.4. The summed E-state index contributed by atoms with van der Waals surface area (Å²) < 4.78 is 25.5. The third-order valence-electron chi connectivity index (χ3n) is 17.2. The fourth-order valence-corrected chi connectivity index (χ4v) is 13.5. The van der Waals surface area contributed by atoms with Crippen LogP contribution in [-0.4, -0.2) is 157 Å². The van der Waals surface area contributed by atoms with Crippen molar-refractivity contribution in [2.24, 2.45) is 0 Å². The Kier molecular flexibility index (Phi) is 12.1. The van der Waals surface area contributed by atoms with E-state index in [-0.39, 0.29) is 22.9 Å². The molecule has 6 aliphatic heterocycles. The number of ether oxygens (including phenoxy) is 2. The molecule has 0 bridgehead atoms. The summed E-state index contributed by atoms with van der Waals surface area (Å²) in [6.45, 7) is 29.1. The van der Waals surface area contributed by atoms with Crippen LogP contribution in [0.5, 0.6) is 0 Å². The molecule has 0 spiro atoms. The molecule has 6 heterocycles. The number of anilines is 2. The summed E-state index contributed by atoms with van der Waals surface area (Å²) in [5, 5.41) is 25.0. The third-order valence-corrected chi connectivity index (χ3v) is 26.2. The van der Waals surface area contributed by atoms with Crippen molar-refractivity contribution < 1.29 is 57.3 Å². The molecule has 0 saturated carbocycles. The quantitative estimate of drug-likeness (QED) is 0.283. The average Bonchev–Trinajstić information content (AvgIpc) is 3.96. The molecule has 0 unspecified atom stereocenters. The largest absolute Gasteiger partial charge is 0.443 e. The van der Waals surface area contributed by atoms with Crippen LogP contribution in [0.15, 0.2) is 48.5 Å². The van der Waals surface area contributed by atoms with E-state index in [9.17, 15) is 10.2 Å². The predicted octanol–water partition coefficient (Wildman–Crippen LogP) is 6.59. The predicted molar refractivity (Wildman–Crippen MR) is 273 cm³/mol. The molecule has 8 rings (SSSR count). The number of fused-ring (bicyclic) bond motifs is 11. The van der Waals surface area contributed by atoms with Crippen LogP contribution in [0.25, 0.3) is 0 Å². The second-order valence-corrected chi connectivity index (χ2v) is 35.4. The van der Waals surface area contributed by atoms with Gasteiger partial charge >= 0.3 is 12.2 Å². The second kappa shape index (κ2) is 16.3. The third kappa shape index (κ3) is 7.41. The zero-order chi connectivity index (χ0) is 53.9. The molecule has 0 radical (unpaired) electrons. The lowest BCUT2D eigenvalue weighted by Crippen LogP contribution is -2.75. The number of hydrogen-bond acceptors (Lipinski definition) is 12. The number of amides is 6. The van der Waals surface area contributed by atoms with Crippen LogP contribution in [0.1, 0.15) is 107 Å². The molecule has 0 aliphatic carbocycles. The molecule has 2 aromatic rings. The van der Waals surface area contributed by atoms with E-state index in [0.29, 0.717) is 22.5 Å². The Balaban J connectivity index is 1.44. The Hall–Kier alpha value is -4.87. The highest BCUT2D eigenvalue weighted by atomic mass is 28.4. The lowest BCUT2D eigenvalue weighted by Gasteiger charge is -2.52. The highest BCUT2D eigenvalue weighted by molar-refractivity contribution is 6.74. The minimum Gasteiger partial charge on any atom is -0.443 e. The molecular formula is C52H76N6O12Si2. The summed E-state index contributed by atoms with van der Waals surface area (Å²) >= 11 is 0. The standard InChI is InChI=1S/C52H76N6O12Si2/c1-45(2,3)69-43(63)57-33-25-21-19-23-31(33)49(27-35-37(59)53(13)51(65,41(61)55(35)39(49)57)29-67-71(15,16)47(7,8)9)50-28-36-38(60)54(14)52(66,30-68-72(17,18)48(10,11)12)42(62)56(36)40(50)58(44(64)70-46(4,5)6)34-26-22-20-24-32(34)50/h19-26,35-36,39-40,65-66H,27-30H2,1-18H3/t35-,36-,39+,40+,49+,50+,51+,52+/m1/s1. The Morgan fingerprint density at radius 2 is 0.875 bits per heavy atom. The van der Waals surface area contributed by atoms with Gasteiger partial charge in [0, 0.05) is 14.1 Å². The number of benzene rings is 2. The molecule has 2 N–H and O–H groups in total. The van der Waals surface area contributed by atoms with E-state index in [1.165, 1.54) is 33.7 Å². The van der Waals surface area contributed by atoms with Crippen molar-refractivity contribution in [1.82, 2.24) is 19.6 Å². The summed E-state index contributed by atoms with van der Waals surface area (Å²) in [7, 11) is -2.67.